The summed E-state index contributed by atoms with van der Waals surface area (Å²) in [6.07, 6.45) is 3.11. The fraction of sp³-hybridized carbons (Fsp3) is 0.300. The number of likely N-dealkylation sites (tertiary alicyclic amines) is 1. The molecule has 0 bridgehead atoms. The molecule has 1 aromatic heterocycles. The Morgan fingerprint density at radius 3 is 2.80 bits per heavy atom. The molecule has 4 nitrogen and oxygen atoms in total. The molecule has 1 aliphatic heterocycles. The van der Waals surface area contributed by atoms with Crippen LogP contribution in [0.25, 0.3) is 10.2 Å². The van der Waals surface area contributed by atoms with Crippen molar-refractivity contribution in [1.29, 1.82) is 0 Å². The molecule has 1 atom stereocenters. The van der Waals surface area contributed by atoms with Gasteiger partial charge in [-0.1, -0.05) is 24.3 Å². The van der Waals surface area contributed by atoms with Gasteiger partial charge in [0.2, 0.25) is 0 Å². The number of benzene rings is 2. The van der Waals surface area contributed by atoms with Gasteiger partial charge in [0.15, 0.2) is 0 Å². The molecule has 1 unspecified atom stereocenters. The number of ether oxygens (including phenoxy) is 1. The second-order valence-corrected chi connectivity index (χ2v) is 7.29. The van der Waals surface area contributed by atoms with Crippen LogP contribution in [0.1, 0.15) is 40.7 Å². The Labute approximate surface area is 151 Å². The van der Waals surface area contributed by atoms with Crippen molar-refractivity contribution in [2.75, 3.05) is 13.7 Å². The number of rotatable bonds is 3. The molecule has 0 radical (unpaired) electrons. The van der Waals surface area contributed by atoms with Gasteiger partial charge in [-0.25, -0.2) is 4.98 Å². The van der Waals surface area contributed by atoms with Crippen molar-refractivity contribution in [2.45, 2.75) is 25.3 Å². The zero-order chi connectivity index (χ0) is 17.2. The average Bonchev–Trinajstić information content (AvgIpc) is 3.11. The van der Waals surface area contributed by atoms with E-state index in [0.717, 1.165) is 36.3 Å². The molecule has 1 saturated heterocycles. The van der Waals surface area contributed by atoms with Crippen LogP contribution in [0.5, 0.6) is 5.75 Å². The number of thiazole rings is 1. The highest BCUT2D eigenvalue weighted by Gasteiger charge is 2.32. The van der Waals surface area contributed by atoms with Gasteiger partial charge >= 0.3 is 0 Å². The summed E-state index contributed by atoms with van der Waals surface area (Å²) in [5.74, 6) is 0.655. The number of aromatic nitrogens is 1. The molecule has 2 aromatic carbocycles. The summed E-state index contributed by atoms with van der Waals surface area (Å²) in [4.78, 5) is 20.0. The molecule has 1 amide bonds. The molecule has 5 heteroatoms. The second kappa shape index (κ2) is 6.84. The standard InChI is InChI=1S/C20H20N2O2S/c1-24-17-11-4-2-8-14(17)20(23)22-13-7-6-10-16(22)19-21-15-9-3-5-12-18(15)25-19/h2-5,8-9,11-12,16H,6-7,10,13H2,1H3. The van der Waals surface area contributed by atoms with E-state index >= 15 is 0 Å². The van der Waals surface area contributed by atoms with E-state index in [9.17, 15) is 4.79 Å². The third-order valence-electron chi connectivity index (χ3n) is 4.70. The highest BCUT2D eigenvalue weighted by Crippen LogP contribution is 2.37. The van der Waals surface area contributed by atoms with Crippen LogP contribution in [0.4, 0.5) is 0 Å². The van der Waals surface area contributed by atoms with E-state index < -0.39 is 0 Å². The van der Waals surface area contributed by atoms with Crippen LogP contribution in [-0.2, 0) is 0 Å². The van der Waals surface area contributed by atoms with Gasteiger partial charge in [0.1, 0.15) is 10.8 Å². The van der Waals surface area contributed by atoms with E-state index in [1.54, 1.807) is 18.4 Å². The predicted molar refractivity (Wildman–Crippen MR) is 100 cm³/mol. The van der Waals surface area contributed by atoms with Crippen LogP contribution >= 0.6 is 11.3 Å². The molecular weight excluding hydrogens is 332 g/mol. The summed E-state index contributed by atoms with van der Waals surface area (Å²) in [7, 11) is 1.60. The van der Waals surface area contributed by atoms with E-state index in [1.165, 1.54) is 4.70 Å². The Hall–Kier alpha value is -2.40. The van der Waals surface area contributed by atoms with E-state index in [2.05, 4.69) is 6.07 Å². The predicted octanol–water partition coefficient (Wildman–Crippen LogP) is 4.67. The first kappa shape index (κ1) is 16.1. The zero-order valence-electron chi connectivity index (χ0n) is 14.1. The third kappa shape index (κ3) is 3.00. The molecule has 1 fully saturated rings. The molecule has 0 N–H and O–H groups in total. The number of amides is 1. The average molecular weight is 352 g/mol. The number of hydrogen-bond acceptors (Lipinski definition) is 4. The van der Waals surface area contributed by atoms with E-state index in [4.69, 9.17) is 9.72 Å². The summed E-state index contributed by atoms with van der Waals surface area (Å²) in [6, 6.07) is 15.6. The lowest BCUT2D eigenvalue weighted by Crippen LogP contribution is -2.38. The fourth-order valence-corrected chi connectivity index (χ4v) is 4.56. The number of methoxy groups -OCH3 is 1. The first-order chi connectivity index (χ1) is 12.3. The molecule has 2 heterocycles. The van der Waals surface area contributed by atoms with Crippen molar-refractivity contribution >= 4 is 27.5 Å². The quantitative estimate of drug-likeness (QED) is 0.688. The number of piperidine rings is 1. The molecule has 3 aromatic rings. The van der Waals surface area contributed by atoms with Crippen molar-refractivity contribution in [3.63, 3.8) is 0 Å². The molecule has 0 aliphatic carbocycles. The van der Waals surface area contributed by atoms with Gasteiger partial charge in [0.25, 0.3) is 5.91 Å². The normalized spacial score (nSPS) is 17.6. The molecular formula is C20H20N2O2S. The van der Waals surface area contributed by atoms with Gasteiger partial charge in [0, 0.05) is 6.54 Å². The van der Waals surface area contributed by atoms with Crippen LogP contribution in [0.3, 0.4) is 0 Å². The molecule has 25 heavy (non-hydrogen) atoms. The summed E-state index contributed by atoms with van der Waals surface area (Å²) in [6.45, 7) is 0.761. The Morgan fingerprint density at radius 2 is 1.96 bits per heavy atom. The number of carbonyl (C=O) groups is 1. The summed E-state index contributed by atoms with van der Waals surface area (Å²) >= 11 is 1.69. The smallest absolute Gasteiger partial charge is 0.258 e. The molecule has 0 saturated carbocycles. The minimum atomic E-state index is 0.0291. The van der Waals surface area contributed by atoms with Gasteiger partial charge in [-0.2, -0.15) is 0 Å². The van der Waals surface area contributed by atoms with E-state index in [-0.39, 0.29) is 11.9 Å². The van der Waals surface area contributed by atoms with Gasteiger partial charge in [-0.15, -0.1) is 11.3 Å². The lowest BCUT2D eigenvalue weighted by atomic mass is 10.0. The first-order valence-corrected chi connectivity index (χ1v) is 9.39. The number of carbonyl (C=O) groups excluding carboxylic acids is 1. The fourth-order valence-electron chi connectivity index (χ4n) is 3.44. The number of para-hydroxylation sites is 2. The van der Waals surface area contributed by atoms with Gasteiger partial charge < -0.3 is 9.64 Å². The minimum Gasteiger partial charge on any atom is -0.496 e. The van der Waals surface area contributed by atoms with Crippen LogP contribution in [0.2, 0.25) is 0 Å². The topological polar surface area (TPSA) is 42.4 Å². The number of nitrogens with zero attached hydrogens (tertiary/aromatic N) is 2. The molecule has 4 rings (SSSR count). The van der Waals surface area contributed by atoms with Gasteiger partial charge in [0.05, 0.1) is 28.9 Å². The lowest BCUT2D eigenvalue weighted by molar-refractivity contribution is 0.0608. The largest absolute Gasteiger partial charge is 0.496 e. The molecule has 0 spiro atoms. The first-order valence-electron chi connectivity index (χ1n) is 8.57. The molecule has 1 aliphatic rings. The van der Waals surface area contributed by atoms with Gasteiger partial charge in [-0.05, 0) is 43.5 Å². The van der Waals surface area contributed by atoms with Crippen molar-refractivity contribution in [1.82, 2.24) is 9.88 Å². The van der Waals surface area contributed by atoms with Crippen molar-refractivity contribution in [3.8, 4) is 5.75 Å². The Morgan fingerprint density at radius 1 is 1.16 bits per heavy atom. The Kier molecular flexibility index (Phi) is 4.40. The van der Waals surface area contributed by atoms with Crippen LogP contribution in [-0.4, -0.2) is 29.4 Å². The van der Waals surface area contributed by atoms with Crippen molar-refractivity contribution in [2.24, 2.45) is 0 Å². The van der Waals surface area contributed by atoms with Crippen LogP contribution < -0.4 is 4.74 Å². The summed E-state index contributed by atoms with van der Waals surface area (Å²) in [5.41, 5.74) is 1.63. The number of fused-ring (bicyclic) bond motifs is 1. The van der Waals surface area contributed by atoms with Crippen LogP contribution in [0, 0.1) is 0 Å². The highest BCUT2D eigenvalue weighted by molar-refractivity contribution is 7.18. The summed E-state index contributed by atoms with van der Waals surface area (Å²) in [5, 5.41) is 1.03. The van der Waals surface area contributed by atoms with E-state index in [0.29, 0.717) is 11.3 Å². The van der Waals surface area contributed by atoms with E-state index in [1.807, 2.05) is 47.4 Å². The SMILES string of the molecule is COc1ccccc1C(=O)N1CCCCC1c1nc2ccccc2s1. The third-order valence-corrected chi connectivity index (χ3v) is 5.83. The lowest BCUT2D eigenvalue weighted by Gasteiger charge is -2.34. The molecule has 128 valence electrons. The zero-order valence-corrected chi connectivity index (χ0v) is 15.0. The van der Waals surface area contributed by atoms with Crippen LogP contribution in [0.15, 0.2) is 48.5 Å². The van der Waals surface area contributed by atoms with Crippen molar-refractivity contribution in [3.05, 3.63) is 59.1 Å². The monoisotopic (exact) mass is 352 g/mol. The Bertz CT molecular complexity index is 872. The minimum absolute atomic E-state index is 0.0291. The van der Waals surface area contributed by atoms with Gasteiger partial charge in [-0.3, -0.25) is 4.79 Å². The Balaban J connectivity index is 1.70. The summed E-state index contributed by atoms with van der Waals surface area (Å²) < 4.78 is 6.56. The maximum absolute atomic E-state index is 13.2. The maximum atomic E-state index is 13.2. The van der Waals surface area contributed by atoms with Crippen molar-refractivity contribution < 1.29 is 9.53 Å². The number of hydrogen-bond donors (Lipinski definition) is 0. The highest BCUT2D eigenvalue weighted by atomic mass is 32.1. The maximum Gasteiger partial charge on any atom is 0.258 e. The second-order valence-electron chi connectivity index (χ2n) is 6.23.